The predicted molar refractivity (Wildman–Crippen MR) is 128 cm³/mol. The molecule has 0 spiro atoms. The number of piperidine rings is 1. The van der Waals surface area contributed by atoms with Gasteiger partial charge in [0.15, 0.2) is 11.6 Å². The molecule has 0 unspecified atom stereocenters. The zero-order valence-electron chi connectivity index (χ0n) is 22.7. The second-order valence-electron chi connectivity index (χ2n) is 9.30. The number of anilines is 1. The van der Waals surface area contributed by atoms with Gasteiger partial charge in [0.25, 0.3) is 5.89 Å². The molecule has 2 fully saturated rings. The molecule has 0 radical (unpaired) electrons. The number of rotatable bonds is 5. The summed E-state index contributed by atoms with van der Waals surface area (Å²) in [5.41, 5.74) is 1.41. The Bertz CT molecular complexity index is 1280. The average molecular weight is 473 g/mol. The Morgan fingerprint density at radius 1 is 1.18 bits per heavy atom. The number of hydrogen-bond donors (Lipinski definition) is 1. The Morgan fingerprint density at radius 3 is 2.71 bits per heavy atom. The highest BCUT2D eigenvalue weighted by Crippen LogP contribution is 2.40. The number of hydrogen-bond acceptors (Lipinski definition) is 8. The van der Waals surface area contributed by atoms with Crippen LogP contribution < -0.4 is 15.0 Å². The summed E-state index contributed by atoms with van der Waals surface area (Å²) in [5.74, 6) is 0.589. The molecule has 0 aliphatic carbocycles. The van der Waals surface area contributed by atoms with Crippen LogP contribution in [-0.2, 0) is 4.74 Å². The summed E-state index contributed by atoms with van der Waals surface area (Å²) < 4.78 is 53.5. The van der Waals surface area contributed by atoms with E-state index >= 15 is 4.39 Å². The van der Waals surface area contributed by atoms with E-state index in [0.29, 0.717) is 40.2 Å². The van der Waals surface area contributed by atoms with Gasteiger partial charge in [-0.25, -0.2) is 9.37 Å². The standard InChI is InChI=1S/C25H32FN5O3/c1-14-11-18(28-17-6-9-33-10-7-17)5-8-31(14)24-22(25-27-16(3)30-34-25)15(2)20-12-19(32-4)13-21(26)23(20)29-24/h12-14,17-18,28H,5-11H2,1-4H3/t14-,18-/m1/s1/i4D3. The number of ether oxygens (including phenoxy) is 2. The lowest BCUT2D eigenvalue weighted by Crippen LogP contribution is -2.51. The molecule has 2 aromatic heterocycles. The zero-order valence-corrected chi connectivity index (χ0v) is 19.7. The van der Waals surface area contributed by atoms with E-state index in [1.807, 2.05) is 6.92 Å². The van der Waals surface area contributed by atoms with E-state index in [9.17, 15) is 0 Å². The van der Waals surface area contributed by atoms with Crippen LogP contribution in [0.5, 0.6) is 5.75 Å². The minimum absolute atomic E-state index is 0.0938. The first kappa shape index (κ1) is 19.5. The molecule has 0 amide bonds. The maximum Gasteiger partial charge on any atom is 0.261 e. The minimum atomic E-state index is -2.70. The van der Waals surface area contributed by atoms with E-state index in [4.69, 9.17) is 23.1 Å². The fourth-order valence-electron chi connectivity index (χ4n) is 5.20. The highest BCUT2D eigenvalue weighted by atomic mass is 19.1. The van der Waals surface area contributed by atoms with Gasteiger partial charge in [0, 0.05) is 49.3 Å². The van der Waals surface area contributed by atoms with Gasteiger partial charge in [-0.3, -0.25) is 0 Å². The summed E-state index contributed by atoms with van der Waals surface area (Å²) in [7, 11) is -2.70. The first-order valence-corrected chi connectivity index (χ1v) is 11.8. The van der Waals surface area contributed by atoms with Crippen molar-refractivity contribution >= 4 is 16.7 Å². The first-order chi connectivity index (χ1) is 17.6. The molecule has 182 valence electrons. The number of nitrogens with one attached hydrogen (secondary N) is 1. The molecule has 2 aliphatic heterocycles. The highest BCUT2D eigenvalue weighted by Gasteiger charge is 2.32. The monoisotopic (exact) mass is 472 g/mol. The van der Waals surface area contributed by atoms with Gasteiger partial charge < -0.3 is 24.2 Å². The van der Waals surface area contributed by atoms with Gasteiger partial charge >= 0.3 is 0 Å². The number of aromatic nitrogens is 3. The molecule has 0 saturated carbocycles. The molecule has 9 heteroatoms. The van der Waals surface area contributed by atoms with Gasteiger partial charge in [-0.05, 0) is 58.1 Å². The summed E-state index contributed by atoms with van der Waals surface area (Å²) in [5, 5.41) is 8.18. The topological polar surface area (TPSA) is 85.5 Å². The molecule has 4 heterocycles. The van der Waals surface area contributed by atoms with Crippen molar-refractivity contribution in [3.8, 4) is 17.2 Å². The zero-order chi connectivity index (χ0) is 26.3. The van der Waals surface area contributed by atoms with E-state index in [1.54, 1.807) is 6.92 Å². The van der Waals surface area contributed by atoms with Crippen molar-refractivity contribution in [2.45, 2.75) is 64.6 Å². The van der Waals surface area contributed by atoms with E-state index < -0.39 is 12.9 Å². The molecule has 1 aromatic carbocycles. The number of halogens is 1. The summed E-state index contributed by atoms with van der Waals surface area (Å²) in [6.07, 6.45) is 3.86. The van der Waals surface area contributed by atoms with Crippen molar-refractivity contribution in [2.24, 2.45) is 0 Å². The molecule has 5 rings (SSSR count). The lowest BCUT2D eigenvalue weighted by atomic mass is 9.94. The Labute approximate surface area is 203 Å². The summed E-state index contributed by atoms with van der Waals surface area (Å²) in [6.45, 7) is 8.01. The lowest BCUT2D eigenvalue weighted by Gasteiger charge is -2.41. The third-order valence-electron chi connectivity index (χ3n) is 6.96. The van der Waals surface area contributed by atoms with Gasteiger partial charge in [0.2, 0.25) is 0 Å². The van der Waals surface area contributed by atoms with Crippen LogP contribution in [0.4, 0.5) is 10.2 Å². The Hall–Kier alpha value is -2.78. The molecule has 2 aliphatic rings. The van der Waals surface area contributed by atoms with Crippen LogP contribution in [0.3, 0.4) is 0 Å². The van der Waals surface area contributed by atoms with Crippen LogP contribution in [0.2, 0.25) is 0 Å². The number of fused-ring (bicyclic) bond motifs is 1. The summed E-state index contributed by atoms with van der Waals surface area (Å²) in [6, 6.07) is 3.53. The van der Waals surface area contributed by atoms with Gasteiger partial charge in [-0.2, -0.15) is 4.98 Å². The number of pyridine rings is 1. The number of methoxy groups -OCH3 is 1. The largest absolute Gasteiger partial charge is 0.497 e. The normalized spacial score (nSPS) is 23.5. The molecular weight excluding hydrogens is 437 g/mol. The molecule has 34 heavy (non-hydrogen) atoms. The Morgan fingerprint density at radius 2 is 2.00 bits per heavy atom. The third-order valence-corrected chi connectivity index (χ3v) is 6.96. The van der Waals surface area contributed by atoms with E-state index in [-0.39, 0.29) is 23.2 Å². The van der Waals surface area contributed by atoms with Crippen molar-refractivity contribution in [1.29, 1.82) is 0 Å². The fraction of sp³-hybridized carbons (Fsp3) is 0.560. The molecule has 2 saturated heterocycles. The third kappa shape index (κ3) is 4.34. The molecule has 2 atom stereocenters. The number of nitrogens with zero attached hydrogens (tertiary/aromatic N) is 4. The molecular formula is C25H32FN5O3. The second kappa shape index (κ2) is 9.46. The average Bonchev–Trinajstić information content (AvgIpc) is 3.25. The number of aryl methyl sites for hydroxylation is 2. The molecule has 8 nitrogen and oxygen atoms in total. The maximum absolute atomic E-state index is 15.3. The quantitative estimate of drug-likeness (QED) is 0.592. The van der Waals surface area contributed by atoms with Crippen LogP contribution in [0.1, 0.15) is 48.1 Å². The van der Waals surface area contributed by atoms with Crippen LogP contribution >= 0.6 is 0 Å². The maximum atomic E-state index is 15.3. The van der Waals surface area contributed by atoms with E-state index in [1.165, 1.54) is 6.07 Å². The fourth-order valence-corrected chi connectivity index (χ4v) is 5.20. The Kier molecular flexibility index (Phi) is 5.43. The SMILES string of the molecule is [2H]C([2H])([2H])Oc1cc(F)c2nc(N3CC[C@@H](NC4CCOCC4)C[C@H]3C)c(-c3nc(C)no3)c(C)c2c1. The van der Waals surface area contributed by atoms with Gasteiger partial charge in [0.1, 0.15) is 17.1 Å². The molecule has 3 aromatic rings. The Balaban J connectivity index is 1.53. The van der Waals surface area contributed by atoms with Crippen molar-refractivity contribution in [3.63, 3.8) is 0 Å². The van der Waals surface area contributed by atoms with Gasteiger partial charge in [0.05, 0.1) is 16.7 Å². The summed E-state index contributed by atoms with van der Waals surface area (Å²) in [4.78, 5) is 11.4. The predicted octanol–water partition coefficient (Wildman–Crippen LogP) is 4.18. The second-order valence-corrected chi connectivity index (χ2v) is 9.30. The van der Waals surface area contributed by atoms with Crippen LogP contribution in [-0.4, -0.2) is 60.0 Å². The van der Waals surface area contributed by atoms with Crippen LogP contribution in [0, 0.1) is 19.7 Å². The van der Waals surface area contributed by atoms with Crippen LogP contribution in [0.25, 0.3) is 22.4 Å². The smallest absolute Gasteiger partial charge is 0.261 e. The minimum Gasteiger partial charge on any atom is -0.497 e. The van der Waals surface area contributed by atoms with E-state index in [0.717, 1.165) is 51.5 Å². The van der Waals surface area contributed by atoms with Crippen molar-refractivity contribution in [3.05, 3.63) is 29.3 Å². The lowest BCUT2D eigenvalue weighted by molar-refractivity contribution is 0.0733. The van der Waals surface area contributed by atoms with Crippen LogP contribution in [0.15, 0.2) is 16.7 Å². The van der Waals surface area contributed by atoms with Crippen molar-refractivity contribution in [1.82, 2.24) is 20.4 Å². The highest BCUT2D eigenvalue weighted by molar-refractivity contribution is 5.93. The number of benzene rings is 1. The molecule has 0 bridgehead atoms. The van der Waals surface area contributed by atoms with Gasteiger partial charge in [-0.1, -0.05) is 5.16 Å². The van der Waals surface area contributed by atoms with Crippen molar-refractivity contribution < 1.29 is 22.5 Å². The van der Waals surface area contributed by atoms with E-state index in [2.05, 4.69) is 27.3 Å². The summed E-state index contributed by atoms with van der Waals surface area (Å²) >= 11 is 0. The van der Waals surface area contributed by atoms with Gasteiger partial charge in [-0.15, -0.1) is 0 Å². The first-order valence-electron chi connectivity index (χ1n) is 13.3. The molecule has 1 N–H and O–H groups in total. The van der Waals surface area contributed by atoms with Crippen molar-refractivity contribution in [2.75, 3.05) is 31.7 Å².